The Morgan fingerprint density at radius 1 is 1.47 bits per heavy atom. The van der Waals surface area contributed by atoms with E-state index in [1.165, 1.54) is 12.1 Å². The van der Waals surface area contributed by atoms with E-state index < -0.39 is 11.9 Å². The summed E-state index contributed by atoms with van der Waals surface area (Å²) in [6, 6.07) is 6.32. The number of nitrogens with one attached hydrogen (secondary N) is 1. The second kappa shape index (κ2) is 7.38. The Labute approximate surface area is 118 Å². The summed E-state index contributed by atoms with van der Waals surface area (Å²) in [5, 5.41) is 19.7. The van der Waals surface area contributed by atoms with E-state index >= 15 is 0 Å². The largest absolute Gasteiger partial charge is 0.483 e. The molecule has 2 N–H and O–H groups in total. The number of carbonyl (C=O) groups is 2. The molecule has 100 valence electrons. The van der Waals surface area contributed by atoms with Gasteiger partial charge in [0.2, 0.25) is 0 Å². The van der Waals surface area contributed by atoms with Crippen molar-refractivity contribution in [1.82, 2.24) is 5.32 Å². The van der Waals surface area contributed by atoms with Crippen LogP contribution < -0.4 is 10.1 Å². The molecular formula is C12H11BrN2O4. The van der Waals surface area contributed by atoms with Crippen molar-refractivity contribution < 1.29 is 19.4 Å². The van der Waals surface area contributed by atoms with Crippen LogP contribution in [0.25, 0.3) is 0 Å². The predicted molar refractivity (Wildman–Crippen MR) is 69.8 cm³/mol. The first-order valence-electron chi connectivity index (χ1n) is 5.34. The summed E-state index contributed by atoms with van der Waals surface area (Å²) in [7, 11) is 0. The van der Waals surface area contributed by atoms with Gasteiger partial charge in [-0.05, 0) is 18.2 Å². The maximum Gasteiger partial charge on any atom is 0.339 e. The molecule has 1 aromatic carbocycles. The third-order valence-corrected chi connectivity index (χ3v) is 2.59. The zero-order chi connectivity index (χ0) is 14.3. The van der Waals surface area contributed by atoms with E-state index in [0.29, 0.717) is 4.47 Å². The van der Waals surface area contributed by atoms with Gasteiger partial charge in [0.05, 0.1) is 12.5 Å². The Bertz CT molecular complexity index is 525. The number of rotatable bonds is 6. The monoisotopic (exact) mass is 326 g/mol. The van der Waals surface area contributed by atoms with Crippen LogP contribution in [0.3, 0.4) is 0 Å². The van der Waals surface area contributed by atoms with Gasteiger partial charge in [-0.2, -0.15) is 5.26 Å². The summed E-state index contributed by atoms with van der Waals surface area (Å²) in [6.07, 6.45) is 0.211. The van der Waals surface area contributed by atoms with Crippen LogP contribution in [0.4, 0.5) is 0 Å². The van der Waals surface area contributed by atoms with E-state index in [4.69, 9.17) is 15.1 Å². The highest BCUT2D eigenvalue weighted by Gasteiger charge is 2.12. The van der Waals surface area contributed by atoms with Gasteiger partial charge in [-0.3, -0.25) is 4.79 Å². The molecule has 0 fully saturated rings. The Balaban J connectivity index is 2.62. The van der Waals surface area contributed by atoms with Crippen molar-refractivity contribution in [2.45, 2.75) is 6.42 Å². The lowest BCUT2D eigenvalue weighted by atomic mass is 10.2. The summed E-state index contributed by atoms with van der Waals surface area (Å²) < 4.78 is 5.82. The maximum atomic E-state index is 11.4. The minimum atomic E-state index is -1.13. The summed E-state index contributed by atoms with van der Waals surface area (Å²) in [4.78, 5) is 22.3. The van der Waals surface area contributed by atoms with Crippen LogP contribution in [0.15, 0.2) is 22.7 Å². The highest BCUT2D eigenvalue weighted by atomic mass is 79.9. The number of halogens is 1. The number of carbonyl (C=O) groups excluding carboxylic acids is 1. The van der Waals surface area contributed by atoms with Crippen LogP contribution in [0.5, 0.6) is 5.75 Å². The molecule has 1 amide bonds. The fraction of sp³-hybridized carbons (Fsp3) is 0.250. The van der Waals surface area contributed by atoms with Crippen molar-refractivity contribution in [3.05, 3.63) is 28.2 Å². The van der Waals surface area contributed by atoms with Gasteiger partial charge in [0.1, 0.15) is 11.3 Å². The standard InChI is InChI=1S/C12H11BrN2O4/c13-8-2-3-9(12(17)18)10(6-8)19-7-11(16)15-5-1-4-14/h2-3,6H,1,5,7H2,(H,15,16)(H,17,18). The predicted octanol–water partition coefficient (Wildman–Crippen LogP) is 1.56. The molecular weight excluding hydrogens is 316 g/mol. The average Bonchev–Trinajstić information content (AvgIpc) is 2.36. The highest BCUT2D eigenvalue weighted by Crippen LogP contribution is 2.23. The lowest BCUT2D eigenvalue weighted by Crippen LogP contribution is -2.29. The molecule has 0 aliphatic rings. The molecule has 0 atom stereocenters. The van der Waals surface area contributed by atoms with Gasteiger partial charge < -0.3 is 15.2 Å². The lowest BCUT2D eigenvalue weighted by molar-refractivity contribution is -0.123. The molecule has 0 saturated carbocycles. The van der Waals surface area contributed by atoms with Gasteiger partial charge in [0.25, 0.3) is 5.91 Å². The number of aromatic carboxylic acids is 1. The molecule has 0 unspecified atom stereocenters. The van der Waals surface area contributed by atoms with Crippen molar-refractivity contribution in [3.8, 4) is 11.8 Å². The zero-order valence-corrected chi connectivity index (χ0v) is 11.4. The smallest absolute Gasteiger partial charge is 0.339 e. The molecule has 0 radical (unpaired) electrons. The highest BCUT2D eigenvalue weighted by molar-refractivity contribution is 9.10. The van der Waals surface area contributed by atoms with Gasteiger partial charge >= 0.3 is 5.97 Å². The SMILES string of the molecule is N#CCCNC(=O)COc1cc(Br)ccc1C(=O)O. The van der Waals surface area contributed by atoms with E-state index in [-0.39, 0.29) is 30.9 Å². The average molecular weight is 327 g/mol. The van der Waals surface area contributed by atoms with E-state index in [1.807, 2.05) is 6.07 Å². The third-order valence-electron chi connectivity index (χ3n) is 2.09. The van der Waals surface area contributed by atoms with Crippen molar-refractivity contribution in [2.24, 2.45) is 0 Å². The number of hydrogen-bond acceptors (Lipinski definition) is 4. The molecule has 1 aromatic rings. The second-order valence-electron chi connectivity index (χ2n) is 3.49. The molecule has 0 aliphatic carbocycles. The quantitative estimate of drug-likeness (QED) is 0.773. The number of benzene rings is 1. The number of amides is 1. The zero-order valence-electron chi connectivity index (χ0n) is 9.85. The van der Waals surface area contributed by atoms with E-state index in [1.54, 1.807) is 6.07 Å². The van der Waals surface area contributed by atoms with Gasteiger partial charge in [-0.15, -0.1) is 0 Å². The van der Waals surface area contributed by atoms with Crippen molar-refractivity contribution >= 4 is 27.8 Å². The van der Waals surface area contributed by atoms with Crippen LogP contribution >= 0.6 is 15.9 Å². The van der Waals surface area contributed by atoms with Gasteiger partial charge in [-0.1, -0.05) is 15.9 Å². The number of ether oxygens (including phenoxy) is 1. The Hall–Kier alpha value is -2.07. The normalized spacial score (nSPS) is 9.47. The van der Waals surface area contributed by atoms with Crippen LogP contribution in [-0.2, 0) is 4.79 Å². The van der Waals surface area contributed by atoms with Crippen molar-refractivity contribution in [1.29, 1.82) is 5.26 Å². The first kappa shape index (κ1) is 15.0. The first-order valence-corrected chi connectivity index (χ1v) is 6.13. The lowest BCUT2D eigenvalue weighted by Gasteiger charge is -2.09. The summed E-state index contributed by atoms with van der Waals surface area (Å²) in [5.41, 5.74) is -0.0203. The number of carboxylic acid groups (broad SMARTS) is 1. The molecule has 0 heterocycles. The number of hydrogen-bond donors (Lipinski definition) is 2. The Morgan fingerprint density at radius 2 is 2.21 bits per heavy atom. The van der Waals surface area contributed by atoms with E-state index in [0.717, 1.165) is 0 Å². The van der Waals surface area contributed by atoms with Gasteiger partial charge in [0, 0.05) is 11.0 Å². The van der Waals surface area contributed by atoms with Crippen LogP contribution in [0.1, 0.15) is 16.8 Å². The number of nitrogens with zero attached hydrogens (tertiary/aromatic N) is 1. The van der Waals surface area contributed by atoms with Gasteiger partial charge in [-0.25, -0.2) is 4.79 Å². The molecule has 1 rings (SSSR count). The van der Waals surface area contributed by atoms with Crippen LogP contribution in [0.2, 0.25) is 0 Å². The molecule has 0 spiro atoms. The second-order valence-corrected chi connectivity index (χ2v) is 4.41. The number of nitriles is 1. The van der Waals surface area contributed by atoms with Crippen LogP contribution in [-0.4, -0.2) is 30.1 Å². The molecule has 0 aromatic heterocycles. The molecule has 7 heteroatoms. The molecule has 0 aliphatic heterocycles. The van der Waals surface area contributed by atoms with Crippen molar-refractivity contribution in [2.75, 3.05) is 13.2 Å². The van der Waals surface area contributed by atoms with Crippen molar-refractivity contribution in [3.63, 3.8) is 0 Å². The van der Waals surface area contributed by atoms with E-state index in [9.17, 15) is 9.59 Å². The molecule has 6 nitrogen and oxygen atoms in total. The summed E-state index contributed by atoms with van der Waals surface area (Å²) in [6.45, 7) is -0.0644. The van der Waals surface area contributed by atoms with E-state index in [2.05, 4.69) is 21.2 Å². The maximum absolute atomic E-state index is 11.4. The Morgan fingerprint density at radius 3 is 2.84 bits per heavy atom. The minimum absolute atomic E-state index is 0.0203. The molecule has 0 bridgehead atoms. The summed E-state index contributed by atoms with van der Waals surface area (Å²) >= 11 is 3.19. The third kappa shape index (κ3) is 4.97. The first-order chi connectivity index (χ1) is 9.04. The fourth-order valence-corrected chi connectivity index (χ4v) is 1.58. The minimum Gasteiger partial charge on any atom is -0.483 e. The topological polar surface area (TPSA) is 99.4 Å². The number of carboxylic acids is 1. The van der Waals surface area contributed by atoms with Gasteiger partial charge in [0.15, 0.2) is 6.61 Å². The molecule has 19 heavy (non-hydrogen) atoms. The summed E-state index contributed by atoms with van der Waals surface area (Å²) in [5.74, 6) is -1.43. The molecule has 0 saturated heterocycles. The fourth-order valence-electron chi connectivity index (χ4n) is 1.24. The van der Waals surface area contributed by atoms with Crippen LogP contribution in [0, 0.1) is 11.3 Å². The Kier molecular flexibility index (Phi) is 5.82.